The van der Waals surface area contributed by atoms with Gasteiger partial charge in [0.05, 0.1) is 0 Å². The average molecular weight is 357 g/mol. The molecule has 2 aromatic rings. The van der Waals surface area contributed by atoms with E-state index < -0.39 is 0 Å². The third kappa shape index (κ3) is 4.40. The van der Waals surface area contributed by atoms with E-state index in [-0.39, 0.29) is 11.8 Å². The summed E-state index contributed by atoms with van der Waals surface area (Å²) in [5, 5.41) is 3.41. The third-order valence-electron chi connectivity index (χ3n) is 4.57. The normalized spacial score (nSPS) is 15.0. The topological polar surface area (TPSA) is 49.4 Å². The lowest BCUT2D eigenvalue weighted by Gasteiger charge is -2.30. The van der Waals surface area contributed by atoms with Gasteiger partial charge in [0, 0.05) is 34.9 Å². The zero-order valence-electron chi connectivity index (χ0n) is 14.2. The van der Waals surface area contributed by atoms with Crippen LogP contribution in [-0.4, -0.2) is 29.8 Å². The summed E-state index contributed by atoms with van der Waals surface area (Å²) >= 11 is 5.83. The highest BCUT2D eigenvalue weighted by atomic mass is 35.5. The molecule has 0 atom stereocenters. The van der Waals surface area contributed by atoms with Gasteiger partial charge in [-0.3, -0.25) is 9.59 Å². The molecule has 1 saturated heterocycles. The highest BCUT2D eigenvalue weighted by Gasteiger charge is 2.21. The molecule has 0 aromatic heterocycles. The van der Waals surface area contributed by atoms with Crippen LogP contribution in [0.3, 0.4) is 0 Å². The lowest BCUT2D eigenvalue weighted by molar-refractivity contribution is 0.0697. The van der Waals surface area contributed by atoms with Crippen molar-refractivity contribution in [3.05, 3.63) is 64.7 Å². The van der Waals surface area contributed by atoms with E-state index in [0.717, 1.165) is 25.9 Å². The van der Waals surface area contributed by atoms with Crippen molar-refractivity contribution in [1.82, 2.24) is 4.90 Å². The van der Waals surface area contributed by atoms with Gasteiger partial charge < -0.3 is 10.2 Å². The minimum Gasteiger partial charge on any atom is -0.339 e. The van der Waals surface area contributed by atoms with Gasteiger partial charge in [0.15, 0.2) is 0 Å². The van der Waals surface area contributed by atoms with Gasteiger partial charge in [0.25, 0.3) is 11.8 Å². The molecular formula is C20H21ClN2O2. The second-order valence-corrected chi connectivity index (χ2v) is 6.95. The number of benzene rings is 2. The first-order chi connectivity index (χ1) is 12.0. The molecule has 1 aliphatic heterocycles. The molecule has 0 spiro atoms. The molecular weight excluding hydrogens is 336 g/mol. The van der Waals surface area contributed by atoms with Crippen LogP contribution in [0.15, 0.2) is 48.5 Å². The Morgan fingerprint density at radius 1 is 0.960 bits per heavy atom. The van der Waals surface area contributed by atoms with E-state index in [4.69, 9.17) is 11.6 Å². The SMILES string of the molecule is CC1CCN(C(=O)c2ccc(NC(=O)c3ccc(Cl)cc3)cc2)CC1. The van der Waals surface area contributed by atoms with Crippen LogP contribution in [-0.2, 0) is 0 Å². The number of amides is 2. The second kappa shape index (κ2) is 7.70. The summed E-state index contributed by atoms with van der Waals surface area (Å²) in [6.07, 6.45) is 2.11. The molecule has 2 amide bonds. The molecule has 5 heteroatoms. The Morgan fingerprint density at radius 2 is 1.52 bits per heavy atom. The standard InChI is InChI=1S/C20H21ClN2O2/c1-14-10-12-23(13-11-14)20(25)16-4-8-18(9-5-16)22-19(24)15-2-6-17(21)7-3-15/h2-9,14H,10-13H2,1H3,(H,22,24). The Bertz CT molecular complexity index is 748. The molecule has 2 aromatic carbocycles. The molecule has 3 rings (SSSR count). The van der Waals surface area contributed by atoms with E-state index in [2.05, 4.69) is 12.2 Å². The maximum atomic E-state index is 12.5. The Balaban J connectivity index is 1.63. The number of hydrogen-bond donors (Lipinski definition) is 1. The zero-order valence-corrected chi connectivity index (χ0v) is 14.9. The van der Waals surface area contributed by atoms with Crippen LogP contribution in [0.2, 0.25) is 5.02 Å². The summed E-state index contributed by atoms with van der Waals surface area (Å²) < 4.78 is 0. The Hall–Kier alpha value is -2.33. The number of halogens is 1. The maximum absolute atomic E-state index is 12.5. The molecule has 0 radical (unpaired) electrons. The van der Waals surface area contributed by atoms with E-state index >= 15 is 0 Å². The van der Waals surface area contributed by atoms with Crippen molar-refractivity contribution in [2.24, 2.45) is 5.92 Å². The van der Waals surface area contributed by atoms with Crippen LogP contribution < -0.4 is 5.32 Å². The fourth-order valence-electron chi connectivity index (χ4n) is 2.89. The van der Waals surface area contributed by atoms with Gasteiger partial charge in [-0.05, 0) is 67.3 Å². The van der Waals surface area contributed by atoms with Crippen molar-refractivity contribution in [3.8, 4) is 0 Å². The predicted octanol–water partition coefficient (Wildman–Crippen LogP) is 4.46. The molecule has 0 aliphatic carbocycles. The van der Waals surface area contributed by atoms with E-state index in [0.29, 0.717) is 27.8 Å². The lowest BCUT2D eigenvalue weighted by atomic mass is 9.98. The minimum atomic E-state index is -0.208. The molecule has 130 valence electrons. The quantitative estimate of drug-likeness (QED) is 0.882. The van der Waals surface area contributed by atoms with Gasteiger partial charge in [-0.15, -0.1) is 0 Å². The molecule has 0 bridgehead atoms. The lowest BCUT2D eigenvalue weighted by Crippen LogP contribution is -2.37. The summed E-state index contributed by atoms with van der Waals surface area (Å²) in [6.45, 7) is 3.85. The largest absolute Gasteiger partial charge is 0.339 e. The molecule has 1 aliphatic rings. The van der Waals surface area contributed by atoms with Gasteiger partial charge in [-0.2, -0.15) is 0 Å². The van der Waals surface area contributed by atoms with E-state index in [1.54, 1.807) is 48.5 Å². The van der Waals surface area contributed by atoms with Gasteiger partial charge in [-0.1, -0.05) is 18.5 Å². The van der Waals surface area contributed by atoms with Crippen LogP contribution >= 0.6 is 11.6 Å². The van der Waals surface area contributed by atoms with Crippen molar-refractivity contribution in [3.63, 3.8) is 0 Å². The fraction of sp³-hybridized carbons (Fsp3) is 0.300. The average Bonchev–Trinajstić information content (AvgIpc) is 2.63. The van der Waals surface area contributed by atoms with Crippen molar-refractivity contribution < 1.29 is 9.59 Å². The highest BCUT2D eigenvalue weighted by molar-refractivity contribution is 6.30. The first kappa shape index (κ1) is 17.5. The van der Waals surface area contributed by atoms with Gasteiger partial charge in [-0.25, -0.2) is 0 Å². The van der Waals surface area contributed by atoms with Gasteiger partial charge in [0.1, 0.15) is 0 Å². The second-order valence-electron chi connectivity index (χ2n) is 6.51. The smallest absolute Gasteiger partial charge is 0.255 e. The number of rotatable bonds is 3. The molecule has 0 unspecified atom stereocenters. The first-order valence-corrected chi connectivity index (χ1v) is 8.87. The number of nitrogens with zero attached hydrogens (tertiary/aromatic N) is 1. The third-order valence-corrected chi connectivity index (χ3v) is 4.82. The van der Waals surface area contributed by atoms with E-state index in [9.17, 15) is 9.59 Å². The summed E-state index contributed by atoms with van der Waals surface area (Å²) in [5.74, 6) is 0.540. The summed E-state index contributed by atoms with van der Waals surface area (Å²) in [5.41, 5.74) is 1.84. The Morgan fingerprint density at radius 3 is 2.12 bits per heavy atom. The van der Waals surface area contributed by atoms with Gasteiger partial charge in [0.2, 0.25) is 0 Å². The highest BCUT2D eigenvalue weighted by Crippen LogP contribution is 2.19. The van der Waals surface area contributed by atoms with Crippen LogP contribution in [0, 0.1) is 5.92 Å². The summed E-state index contributed by atoms with van der Waals surface area (Å²) in [6, 6.07) is 13.7. The number of nitrogens with one attached hydrogen (secondary N) is 1. The minimum absolute atomic E-state index is 0.0578. The van der Waals surface area contributed by atoms with Gasteiger partial charge >= 0.3 is 0 Å². The van der Waals surface area contributed by atoms with Crippen LogP contribution in [0.5, 0.6) is 0 Å². The monoisotopic (exact) mass is 356 g/mol. The number of carbonyl (C=O) groups excluding carboxylic acids is 2. The van der Waals surface area contributed by atoms with Crippen molar-refractivity contribution >= 4 is 29.1 Å². The number of piperidine rings is 1. The van der Waals surface area contributed by atoms with Crippen LogP contribution in [0.4, 0.5) is 5.69 Å². The van der Waals surface area contributed by atoms with E-state index in [1.165, 1.54) is 0 Å². The Labute approximate surface area is 152 Å². The molecule has 1 heterocycles. The molecule has 1 N–H and O–H groups in total. The molecule has 1 fully saturated rings. The Kier molecular flexibility index (Phi) is 5.39. The number of carbonyl (C=O) groups is 2. The number of hydrogen-bond acceptors (Lipinski definition) is 2. The molecule has 0 saturated carbocycles. The van der Waals surface area contributed by atoms with Crippen LogP contribution in [0.25, 0.3) is 0 Å². The van der Waals surface area contributed by atoms with Crippen molar-refractivity contribution in [2.45, 2.75) is 19.8 Å². The molecule has 4 nitrogen and oxygen atoms in total. The van der Waals surface area contributed by atoms with Crippen molar-refractivity contribution in [2.75, 3.05) is 18.4 Å². The van der Waals surface area contributed by atoms with E-state index in [1.807, 2.05) is 4.90 Å². The predicted molar refractivity (Wildman–Crippen MR) is 100 cm³/mol. The number of likely N-dealkylation sites (tertiary alicyclic amines) is 1. The number of anilines is 1. The van der Waals surface area contributed by atoms with Crippen molar-refractivity contribution in [1.29, 1.82) is 0 Å². The van der Waals surface area contributed by atoms with Crippen LogP contribution in [0.1, 0.15) is 40.5 Å². The zero-order chi connectivity index (χ0) is 17.8. The molecule has 25 heavy (non-hydrogen) atoms. The summed E-state index contributed by atoms with van der Waals surface area (Å²) in [7, 11) is 0. The maximum Gasteiger partial charge on any atom is 0.255 e. The summed E-state index contributed by atoms with van der Waals surface area (Å²) in [4.78, 5) is 26.6. The fourth-order valence-corrected chi connectivity index (χ4v) is 3.02. The first-order valence-electron chi connectivity index (χ1n) is 8.49.